The second-order valence-electron chi connectivity index (χ2n) is 8.86. The van der Waals surface area contributed by atoms with Gasteiger partial charge in [-0.3, -0.25) is 9.80 Å². The van der Waals surface area contributed by atoms with Crippen molar-refractivity contribution >= 4 is 12.2 Å². The van der Waals surface area contributed by atoms with E-state index in [4.69, 9.17) is 9.47 Å². The minimum absolute atomic E-state index is 0.289. The number of hydrogen-bond acceptors (Lipinski definition) is 4. The van der Waals surface area contributed by atoms with Crippen molar-refractivity contribution in [2.75, 3.05) is 26.3 Å². The minimum Gasteiger partial charge on any atom is -0.450 e. The Labute approximate surface area is 205 Å². The average molecular weight is 474 g/mol. The summed E-state index contributed by atoms with van der Waals surface area (Å²) in [6.45, 7) is 5.45. The summed E-state index contributed by atoms with van der Waals surface area (Å²) in [5, 5.41) is 0. The number of ether oxygens (including phenoxy) is 2. The fourth-order valence-corrected chi connectivity index (χ4v) is 5.36. The molecule has 0 aliphatic carbocycles. The summed E-state index contributed by atoms with van der Waals surface area (Å²) in [7, 11) is 0. The van der Waals surface area contributed by atoms with Gasteiger partial charge in [-0.15, -0.1) is 0 Å². The van der Waals surface area contributed by atoms with Crippen LogP contribution in [0.3, 0.4) is 0 Å². The molecule has 7 nitrogen and oxygen atoms in total. The monoisotopic (exact) mass is 473 g/mol. The van der Waals surface area contributed by atoms with E-state index in [0.29, 0.717) is 26.3 Å². The van der Waals surface area contributed by atoms with Crippen LogP contribution >= 0.6 is 0 Å². The highest BCUT2D eigenvalue weighted by atomic mass is 16.6. The zero-order valence-corrected chi connectivity index (χ0v) is 20.2. The summed E-state index contributed by atoms with van der Waals surface area (Å²) < 4.78 is 10.8. The van der Waals surface area contributed by atoms with Gasteiger partial charge in [0, 0.05) is 24.5 Å². The number of carbonyl (C=O) groups is 2. The van der Waals surface area contributed by atoms with Crippen LogP contribution in [0.5, 0.6) is 0 Å². The van der Waals surface area contributed by atoms with E-state index in [-0.39, 0.29) is 24.3 Å². The van der Waals surface area contributed by atoms with Crippen molar-refractivity contribution in [3.63, 3.8) is 0 Å². The SMILES string of the molecule is CCOC(=O)N1CCc2ccccc2C1c1ccc(C2c3ccccc3CCN2C(=O)OCC)[nH]1. The van der Waals surface area contributed by atoms with E-state index in [1.807, 2.05) is 50.2 Å². The molecule has 35 heavy (non-hydrogen) atoms. The predicted octanol–water partition coefficient (Wildman–Crippen LogP) is 5.22. The molecular formula is C28H31N3O4. The number of nitrogens with zero attached hydrogens (tertiary/aromatic N) is 2. The summed E-state index contributed by atoms with van der Waals surface area (Å²) in [6, 6.07) is 19.9. The third-order valence-electron chi connectivity index (χ3n) is 6.89. The van der Waals surface area contributed by atoms with Crippen molar-refractivity contribution in [3.05, 3.63) is 94.3 Å². The van der Waals surface area contributed by atoms with Crippen LogP contribution in [0.4, 0.5) is 9.59 Å². The van der Waals surface area contributed by atoms with E-state index in [9.17, 15) is 9.59 Å². The van der Waals surface area contributed by atoms with Crippen molar-refractivity contribution in [3.8, 4) is 0 Å². The van der Waals surface area contributed by atoms with Gasteiger partial charge >= 0.3 is 12.2 Å². The lowest BCUT2D eigenvalue weighted by molar-refractivity contribution is 0.0924. The molecule has 2 atom stereocenters. The fraction of sp³-hybridized carbons (Fsp3) is 0.357. The Kier molecular flexibility index (Phi) is 6.49. The van der Waals surface area contributed by atoms with Crippen LogP contribution in [-0.4, -0.2) is 53.3 Å². The largest absolute Gasteiger partial charge is 0.450 e. The van der Waals surface area contributed by atoms with Gasteiger partial charge in [-0.1, -0.05) is 48.5 Å². The van der Waals surface area contributed by atoms with Gasteiger partial charge in [0.2, 0.25) is 0 Å². The third kappa shape index (κ3) is 4.27. The van der Waals surface area contributed by atoms with Gasteiger partial charge in [0.25, 0.3) is 0 Å². The fourth-order valence-electron chi connectivity index (χ4n) is 5.36. The van der Waals surface area contributed by atoms with E-state index in [0.717, 1.165) is 35.4 Å². The molecule has 3 heterocycles. The molecule has 0 saturated carbocycles. The van der Waals surface area contributed by atoms with E-state index in [1.54, 1.807) is 9.80 Å². The lowest BCUT2D eigenvalue weighted by atomic mass is 9.91. The molecule has 2 aliphatic rings. The lowest BCUT2D eigenvalue weighted by Crippen LogP contribution is -2.42. The molecule has 5 rings (SSSR count). The highest BCUT2D eigenvalue weighted by Crippen LogP contribution is 2.39. The molecule has 0 bridgehead atoms. The van der Waals surface area contributed by atoms with E-state index in [2.05, 4.69) is 29.2 Å². The summed E-state index contributed by atoms with van der Waals surface area (Å²) in [4.78, 5) is 33.0. The van der Waals surface area contributed by atoms with Gasteiger partial charge in [-0.25, -0.2) is 9.59 Å². The molecule has 0 radical (unpaired) electrons. The van der Waals surface area contributed by atoms with Crippen molar-refractivity contribution in [2.45, 2.75) is 38.8 Å². The van der Waals surface area contributed by atoms with Crippen molar-refractivity contribution < 1.29 is 19.1 Å². The molecule has 3 aromatic rings. The van der Waals surface area contributed by atoms with Gasteiger partial charge in [-0.05, 0) is 61.1 Å². The Morgan fingerprint density at radius 1 is 0.743 bits per heavy atom. The molecule has 1 aromatic heterocycles. The zero-order valence-electron chi connectivity index (χ0n) is 20.2. The number of amides is 2. The van der Waals surface area contributed by atoms with Gasteiger partial charge in [0.15, 0.2) is 0 Å². The van der Waals surface area contributed by atoms with E-state index in [1.165, 1.54) is 11.1 Å². The summed E-state index contributed by atoms with van der Waals surface area (Å²) in [5.41, 5.74) is 6.42. The van der Waals surface area contributed by atoms with E-state index < -0.39 is 0 Å². The standard InChI is InChI=1S/C28H31N3O4/c1-3-34-27(32)30-17-15-19-9-5-7-11-21(19)25(30)23-13-14-24(29-23)26-22-12-8-6-10-20(22)16-18-31(26)28(33)35-4-2/h5-14,25-26,29H,3-4,15-18H2,1-2H3. The first kappa shape index (κ1) is 23.0. The number of hydrogen-bond donors (Lipinski definition) is 1. The Hall–Kier alpha value is -3.74. The smallest absolute Gasteiger partial charge is 0.410 e. The number of benzene rings is 2. The lowest BCUT2D eigenvalue weighted by Gasteiger charge is -2.37. The zero-order chi connectivity index (χ0) is 24.4. The Morgan fingerprint density at radius 2 is 1.17 bits per heavy atom. The molecule has 7 heteroatoms. The molecule has 2 aromatic carbocycles. The van der Waals surface area contributed by atoms with Crippen molar-refractivity contribution in [2.24, 2.45) is 0 Å². The number of aromatic amines is 1. The molecule has 1 N–H and O–H groups in total. The van der Waals surface area contributed by atoms with Crippen LogP contribution in [0.1, 0.15) is 59.6 Å². The maximum Gasteiger partial charge on any atom is 0.410 e. The molecule has 0 spiro atoms. The average Bonchev–Trinajstić information content (AvgIpc) is 3.37. The quantitative estimate of drug-likeness (QED) is 0.564. The van der Waals surface area contributed by atoms with E-state index >= 15 is 0 Å². The first-order chi connectivity index (χ1) is 17.1. The highest BCUT2D eigenvalue weighted by Gasteiger charge is 2.37. The van der Waals surface area contributed by atoms with Crippen LogP contribution in [0.25, 0.3) is 0 Å². The van der Waals surface area contributed by atoms with Gasteiger partial charge in [0.1, 0.15) is 12.1 Å². The van der Waals surface area contributed by atoms with Crippen LogP contribution < -0.4 is 0 Å². The molecular weight excluding hydrogens is 442 g/mol. The third-order valence-corrected chi connectivity index (χ3v) is 6.89. The maximum absolute atomic E-state index is 12.9. The van der Waals surface area contributed by atoms with Gasteiger partial charge < -0.3 is 14.5 Å². The Bertz CT molecular complexity index is 1130. The summed E-state index contributed by atoms with van der Waals surface area (Å²) in [6.07, 6.45) is 0.927. The Balaban J connectivity index is 1.57. The topological polar surface area (TPSA) is 74.9 Å². The number of fused-ring (bicyclic) bond motifs is 2. The maximum atomic E-state index is 12.9. The van der Waals surface area contributed by atoms with Crippen LogP contribution in [-0.2, 0) is 22.3 Å². The normalized spacial score (nSPS) is 19.0. The van der Waals surface area contributed by atoms with Crippen molar-refractivity contribution in [1.82, 2.24) is 14.8 Å². The Morgan fingerprint density at radius 3 is 1.60 bits per heavy atom. The summed E-state index contributed by atoms with van der Waals surface area (Å²) >= 11 is 0. The number of aromatic nitrogens is 1. The predicted molar refractivity (Wildman–Crippen MR) is 132 cm³/mol. The second kappa shape index (κ2) is 9.86. The highest BCUT2D eigenvalue weighted by molar-refractivity contribution is 5.71. The first-order valence-corrected chi connectivity index (χ1v) is 12.3. The molecule has 2 amide bonds. The van der Waals surface area contributed by atoms with Crippen LogP contribution in [0.2, 0.25) is 0 Å². The molecule has 2 aliphatic heterocycles. The number of carbonyl (C=O) groups excluding carboxylic acids is 2. The minimum atomic E-state index is -0.320. The first-order valence-electron chi connectivity index (χ1n) is 12.3. The van der Waals surface area contributed by atoms with Gasteiger partial charge in [-0.2, -0.15) is 0 Å². The summed E-state index contributed by atoms with van der Waals surface area (Å²) in [5.74, 6) is 0. The number of nitrogens with one attached hydrogen (secondary N) is 1. The molecule has 182 valence electrons. The van der Waals surface area contributed by atoms with Crippen LogP contribution in [0, 0.1) is 0 Å². The molecule has 0 fully saturated rings. The molecule has 2 unspecified atom stereocenters. The molecule has 0 saturated heterocycles. The van der Waals surface area contributed by atoms with Crippen molar-refractivity contribution in [1.29, 1.82) is 0 Å². The number of H-pyrrole nitrogens is 1. The van der Waals surface area contributed by atoms with Gasteiger partial charge in [0.05, 0.1) is 13.2 Å². The second-order valence-corrected chi connectivity index (χ2v) is 8.86. The number of rotatable bonds is 4. The van der Waals surface area contributed by atoms with Crippen LogP contribution in [0.15, 0.2) is 60.7 Å².